The predicted octanol–water partition coefficient (Wildman–Crippen LogP) is 4.35. The fourth-order valence-electron chi connectivity index (χ4n) is 3.01. The number of benzene rings is 1. The minimum atomic E-state index is 0.177. The number of nitrogens with one attached hydrogen (secondary N) is 1. The van der Waals surface area contributed by atoms with Crippen LogP contribution in [0, 0.1) is 5.92 Å². The Labute approximate surface area is 131 Å². The molecule has 0 saturated carbocycles. The second-order valence-corrected chi connectivity index (χ2v) is 6.93. The van der Waals surface area contributed by atoms with Gasteiger partial charge < -0.3 is 10.1 Å². The number of thiophene rings is 1. The Balaban J connectivity index is 1.70. The average Bonchev–Trinajstić information content (AvgIpc) is 3.01. The molecule has 2 atom stereocenters. The summed E-state index contributed by atoms with van der Waals surface area (Å²) in [6.07, 6.45) is 1.21. The molecule has 1 aromatic carbocycles. The van der Waals surface area contributed by atoms with Crippen LogP contribution in [0.25, 0.3) is 0 Å². The van der Waals surface area contributed by atoms with Gasteiger partial charge in [0.1, 0.15) is 0 Å². The Morgan fingerprint density at radius 1 is 1.24 bits per heavy atom. The van der Waals surface area contributed by atoms with E-state index in [1.54, 1.807) is 0 Å². The molecular formula is C18H23NOS. The highest BCUT2D eigenvalue weighted by Gasteiger charge is 2.23. The molecule has 2 heterocycles. The van der Waals surface area contributed by atoms with Crippen molar-refractivity contribution in [3.05, 3.63) is 57.8 Å². The first-order valence-electron chi connectivity index (χ1n) is 7.72. The molecule has 0 saturated heterocycles. The molecule has 1 N–H and O–H groups in total. The van der Waals surface area contributed by atoms with E-state index in [0.717, 1.165) is 19.6 Å². The van der Waals surface area contributed by atoms with Crippen molar-refractivity contribution in [3.63, 3.8) is 0 Å². The number of hydrogen-bond acceptors (Lipinski definition) is 3. The maximum atomic E-state index is 5.99. The Bertz CT molecular complexity index is 564. The van der Waals surface area contributed by atoms with Gasteiger partial charge in [0.25, 0.3) is 0 Å². The van der Waals surface area contributed by atoms with Crippen molar-refractivity contribution in [1.29, 1.82) is 0 Å². The molecule has 112 valence electrons. The molecule has 3 heteroatoms. The highest BCUT2D eigenvalue weighted by Crippen LogP contribution is 2.29. The van der Waals surface area contributed by atoms with E-state index in [1.165, 1.54) is 16.0 Å². The maximum absolute atomic E-state index is 5.99. The van der Waals surface area contributed by atoms with Crippen LogP contribution in [0.4, 0.5) is 0 Å². The Kier molecular flexibility index (Phi) is 4.73. The van der Waals surface area contributed by atoms with Gasteiger partial charge in [-0.2, -0.15) is 0 Å². The van der Waals surface area contributed by atoms with Gasteiger partial charge in [-0.1, -0.05) is 44.2 Å². The van der Waals surface area contributed by atoms with Crippen LogP contribution in [0.15, 0.2) is 41.8 Å². The summed E-state index contributed by atoms with van der Waals surface area (Å²) in [5.41, 5.74) is 2.79. The van der Waals surface area contributed by atoms with E-state index >= 15 is 0 Å². The zero-order chi connectivity index (χ0) is 14.7. The molecule has 0 amide bonds. The second kappa shape index (κ2) is 6.73. The van der Waals surface area contributed by atoms with E-state index in [4.69, 9.17) is 4.74 Å². The number of ether oxygens (including phenoxy) is 1. The molecule has 0 fully saturated rings. The van der Waals surface area contributed by atoms with E-state index in [0.29, 0.717) is 12.0 Å². The van der Waals surface area contributed by atoms with Crippen LogP contribution in [-0.2, 0) is 11.2 Å². The Morgan fingerprint density at radius 3 is 2.86 bits per heavy atom. The van der Waals surface area contributed by atoms with E-state index in [1.807, 2.05) is 11.3 Å². The molecular weight excluding hydrogens is 278 g/mol. The first-order valence-corrected chi connectivity index (χ1v) is 8.60. The first-order chi connectivity index (χ1) is 10.3. The first kappa shape index (κ1) is 14.8. The molecule has 2 unspecified atom stereocenters. The third-order valence-electron chi connectivity index (χ3n) is 4.13. The third-order valence-corrected chi connectivity index (χ3v) is 5.09. The van der Waals surface area contributed by atoms with Crippen molar-refractivity contribution >= 4 is 11.3 Å². The highest BCUT2D eigenvalue weighted by molar-refractivity contribution is 7.10. The van der Waals surface area contributed by atoms with Crippen molar-refractivity contribution in [3.8, 4) is 0 Å². The summed E-state index contributed by atoms with van der Waals surface area (Å²) >= 11 is 1.83. The summed E-state index contributed by atoms with van der Waals surface area (Å²) in [4.78, 5) is 1.41. The zero-order valence-corrected chi connectivity index (χ0v) is 13.5. The van der Waals surface area contributed by atoms with Crippen molar-refractivity contribution in [1.82, 2.24) is 5.32 Å². The predicted molar refractivity (Wildman–Crippen MR) is 88.7 cm³/mol. The monoisotopic (exact) mass is 301 g/mol. The van der Waals surface area contributed by atoms with Crippen molar-refractivity contribution in [2.45, 2.75) is 32.4 Å². The summed E-state index contributed by atoms with van der Waals surface area (Å²) in [5.74, 6) is 0.572. The van der Waals surface area contributed by atoms with Crippen molar-refractivity contribution in [2.24, 2.45) is 5.92 Å². The average molecular weight is 301 g/mol. The van der Waals surface area contributed by atoms with Gasteiger partial charge >= 0.3 is 0 Å². The summed E-state index contributed by atoms with van der Waals surface area (Å²) in [7, 11) is 0. The zero-order valence-electron chi connectivity index (χ0n) is 12.7. The molecule has 1 aliphatic heterocycles. The quantitative estimate of drug-likeness (QED) is 0.886. The number of fused-ring (bicyclic) bond motifs is 1. The summed E-state index contributed by atoms with van der Waals surface area (Å²) in [5, 5.41) is 5.87. The molecule has 2 nitrogen and oxygen atoms in total. The normalized spacial score (nSPS) is 19.5. The lowest BCUT2D eigenvalue weighted by molar-refractivity contribution is 0.0396. The van der Waals surface area contributed by atoms with Crippen molar-refractivity contribution in [2.75, 3.05) is 13.2 Å². The lowest BCUT2D eigenvalue weighted by Gasteiger charge is -2.29. The lowest BCUT2D eigenvalue weighted by atomic mass is 9.96. The molecule has 1 aliphatic rings. The molecule has 0 spiro atoms. The summed E-state index contributed by atoms with van der Waals surface area (Å²) < 4.78 is 5.99. The van der Waals surface area contributed by atoms with Gasteiger partial charge in [0, 0.05) is 17.5 Å². The Hall–Kier alpha value is -1.16. The molecule has 3 rings (SSSR count). The van der Waals surface area contributed by atoms with E-state index in [-0.39, 0.29) is 6.10 Å². The number of rotatable bonds is 5. The van der Waals surface area contributed by atoms with Gasteiger partial charge in [-0.3, -0.25) is 0 Å². The second-order valence-electron chi connectivity index (χ2n) is 5.95. The van der Waals surface area contributed by atoms with Gasteiger partial charge in [0.05, 0.1) is 12.7 Å². The van der Waals surface area contributed by atoms with Gasteiger partial charge in [-0.25, -0.2) is 0 Å². The van der Waals surface area contributed by atoms with Crippen LogP contribution in [-0.4, -0.2) is 13.2 Å². The fraction of sp³-hybridized carbons (Fsp3) is 0.444. The lowest BCUT2D eigenvalue weighted by Crippen LogP contribution is -2.32. The maximum Gasteiger partial charge on any atom is 0.0952 e. The van der Waals surface area contributed by atoms with E-state index < -0.39 is 0 Å². The van der Waals surface area contributed by atoms with Crippen LogP contribution in [0.5, 0.6) is 0 Å². The summed E-state index contributed by atoms with van der Waals surface area (Å²) in [6, 6.07) is 13.4. The van der Waals surface area contributed by atoms with E-state index in [9.17, 15) is 0 Å². The Morgan fingerprint density at radius 2 is 2.10 bits per heavy atom. The van der Waals surface area contributed by atoms with Gasteiger partial charge in [-0.15, -0.1) is 11.3 Å². The molecule has 2 aromatic rings. The largest absolute Gasteiger partial charge is 0.372 e. The molecule has 0 bridgehead atoms. The molecule has 1 aromatic heterocycles. The van der Waals surface area contributed by atoms with Crippen LogP contribution >= 0.6 is 11.3 Å². The molecule has 0 aliphatic carbocycles. The number of hydrogen-bond donors (Lipinski definition) is 1. The molecule has 0 radical (unpaired) electrons. The fourth-order valence-corrected chi connectivity index (χ4v) is 3.99. The minimum Gasteiger partial charge on any atom is -0.372 e. The van der Waals surface area contributed by atoms with Crippen LogP contribution in [0.3, 0.4) is 0 Å². The van der Waals surface area contributed by atoms with Crippen LogP contribution < -0.4 is 5.32 Å². The van der Waals surface area contributed by atoms with Gasteiger partial charge in [-0.05, 0) is 34.9 Å². The molecule has 21 heavy (non-hydrogen) atoms. The minimum absolute atomic E-state index is 0.177. The van der Waals surface area contributed by atoms with Crippen molar-refractivity contribution < 1.29 is 4.74 Å². The van der Waals surface area contributed by atoms with Gasteiger partial charge in [0.2, 0.25) is 0 Å². The van der Waals surface area contributed by atoms with E-state index in [2.05, 4.69) is 60.9 Å². The van der Waals surface area contributed by atoms with Crippen LogP contribution in [0.1, 0.15) is 42.0 Å². The highest BCUT2D eigenvalue weighted by atomic mass is 32.1. The smallest absolute Gasteiger partial charge is 0.0952 e. The standard InChI is InChI=1S/C18H23NOS/c1-13(2)18(17-8-5-11-21-17)19-12-16-15-7-4-3-6-14(15)9-10-20-16/h3-8,11,13,16,18-19H,9-10,12H2,1-2H3. The third kappa shape index (κ3) is 3.37. The van der Waals surface area contributed by atoms with Gasteiger partial charge in [0.15, 0.2) is 0 Å². The summed E-state index contributed by atoms with van der Waals surface area (Å²) in [6.45, 7) is 6.24. The SMILES string of the molecule is CC(C)C(NCC1OCCc2ccccc21)c1cccs1. The van der Waals surface area contributed by atoms with Crippen LogP contribution in [0.2, 0.25) is 0 Å². The topological polar surface area (TPSA) is 21.3 Å².